The second kappa shape index (κ2) is 7.09. The van der Waals surface area contributed by atoms with E-state index in [1.807, 2.05) is 0 Å². The van der Waals surface area contributed by atoms with E-state index in [2.05, 4.69) is 0 Å². The molecule has 30 heavy (non-hydrogen) atoms. The number of halogens is 7. The van der Waals surface area contributed by atoms with Crippen LogP contribution < -0.4 is 5.14 Å². The second-order valence-corrected chi connectivity index (χ2v) is 8.53. The first-order valence-electron chi connectivity index (χ1n) is 8.40. The van der Waals surface area contributed by atoms with Gasteiger partial charge in [-0.05, 0) is 59.4 Å². The standard InChI is InChI=1S/C19H14F7NO2S/c20-13-5-1-11(2-6-13)15-9-17(18(21,22)23,19(24,25)26)10-16(15)12-3-7-14(8-4-12)30(27,28)29/h1-8H,9-10H2,(H2,27,28,29). The summed E-state index contributed by atoms with van der Waals surface area (Å²) in [7, 11) is -4.10. The Kier molecular flexibility index (Phi) is 5.26. The maximum atomic E-state index is 13.7. The normalized spacial score (nSPS) is 17.5. The number of rotatable bonds is 3. The van der Waals surface area contributed by atoms with Crippen molar-refractivity contribution in [1.82, 2.24) is 0 Å². The van der Waals surface area contributed by atoms with Gasteiger partial charge in [-0.25, -0.2) is 17.9 Å². The van der Waals surface area contributed by atoms with E-state index in [1.165, 1.54) is 0 Å². The van der Waals surface area contributed by atoms with E-state index in [-0.39, 0.29) is 27.2 Å². The highest BCUT2D eigenvalue weighted by Gasteiger charge is 2.72. The highest BCUT2D eigenvalue weighted by molar-refractivity contribution is 7.89. The molecule has 0 heterocycles. The first kappa shape index (κ1) is 22.3. The molecule has 0 saturated carbocycles. The molecule has 3 nitrogen and oxygen atoms in total. The van der Waals surface area contributed by atoms with Crippen LogP contribution in [0.15, 0.2) is 53.4 Å². The van der Waals surface area contributed by atoms with Crippen molar-refractivity contribution in [2.24, 2.45) is 10.6 Å². The highest BCUT2D eigenvalue weighted by Crippen LogP contribution is 2.64. The molecular weight excluding hydrogens is 439 g/mol. The first-order valence-corrected chi connectivity index (χ1v) is 9.95. The van der Waals surface area contributed by atoms with E-state index in [1.54, 1.807) is 0 Å². The van der Waals surface area contributed by atoms with Crippen LogP contribution in [-0.4, -0.2) is 20.8 Å². The summed E-state index contributed by atoms with van der Waals surface area (Å²) in [6, 6.07) is 8.28. The highest BCUT2D eigenvalue weighted by atomic mass is 32.2. The van der Waals surface area contributed by atoms with Gasteiger partial charge in [0.1, 0.15) is 5.82 Å². The third-order valence-corrected chi connectivity index (χ3v) is 6.06. The van der Waals surface area contributed by atoms with Crippen LogP contribution in [0.4, 0.5) is 30.7 Å². The van der Waals surface area contributed by atoms with Crippen molar-refractivity contribution in [1.29, 1.82) is 0 Å². The number of sulfonamides is 1. The summed E-state index contributed by atoms with van der Waals surface area (Å²) in [5.74, 6) is -0.700. The molecule has 0 aliphatic heterocycles. The second-order valence-electron chi connectivity index (χ2n) is 6.96. The first-order chi connectivity index (χ1) is 13.7. The lowest BCUT2D eigenvalue weighted by Crippen LogP contribution is -2.48. The van der Waals surface area contributed by atoms with E-state index < -0.39 is 46.4 Å². The van der Waals surface area contributed by atoms with Gasteiger partial charge in [0, 0.05) is 0 Å². The molecule has 3 rings (SSSR count). The summed E-state index contributed by atoms with van der Waals surface area (Å²) in [5.41, 5.74) is -4.52. The zero-order chi connectivity index (χ0) is 22.5. The molecular formula is C19H14F7NO2S. The molecule has 162 valence electrons. The Morgan fingerprint density at radius 3 is 1.43 bits per heavy atom. The molecule has 11 heteroatoms. The van der Waals surface area contributed by atoms with Gasteiger partial charge in [-0.2, -0.15) is 26.3 Å². The molecule has 0 bridgehead atoms. The van der Waals surface area contributed by atoms with Crippen molar-refractivity contribution in [3.05, 3.63) is 65.5 Å². The van der Waals surface area contributed by atoms with Crippen molar-refractivity contribution in [3.63, 3.8) is 0 Å². The Morgan fingerprint density at radius 2 is 1.10 bits per heavy atom. The zero-order valence-corrected chi connectivity index (χ0v) is 15.8. The minimum absolute atomic E-state index is 0.0114. The zero-order valence-electron chi connectivity index (χ0n) is 15.0. The lowest BCUT2D eigenvalue weighted by atomic mass is 9.81. The predicted octanol–water partition coefficient (Wildman–Crippen LogP) is 5.29. The van der Waals surface area contributed by atoms with E-state index >= 15 is 0 Å². The minimum atomic E-state index is -5.60. The fraction of sp³-hybridized carbons (Fsp3) is 0.263. The van der Waals surface area contributed by atoms with Crippen LogP contribution in [0.1, 0.15) is 24.0 Å². The van der Waals surface area contributed by atoms with Gasteiger partial charge in [0.05, 0.1) is 4.90 Å². The number of hydrogen-bond donors (Lipinski definition) is 1. The summed E-state index contributed by atoms with van der Waals surface area (Å²) in [6.07, 6.45) is -14.0. The SMILES string of the molecule is NS(=O)(=O)c1ccc(C2=C(c3ccc(F)cc3)CC(C(F)(F)F)(C(F)(F)F)C2)cc1. The molecule has 0 aromatic heterocycles. The molecule has 2 aromatic rings. The number of alkyl halides is 6. The number of allylic oxidation sites excluding steroid dienone is 2. The van der Waals surface area contributed by atoms with E-state index in [0.717, 1.165) is 48.5 Å². The van der Waals surface area contributed by atoms with Gasteiger partial charge < -0.3 is 0 Å². The van der Waals surface area contributed by atoms with Crippen molar-refractivity contribution >= 4 is 21.2 Å². The van der Waals surface area contributed by atoms with E-state index in [4.69, 9.17) is 5.14 Å². The average molecular weight is 453 g/mol. The average Bonchev–Trinajstić information content (AvgIpc) is 3.04. The fourth-order valence-corrected chi connectivity index (χ4v) is 4.01. The van der Waals surface area contributed by atoms with Crippen LogP contribution in [0.25, 0.3) is 11.1 Å². The maximum absolute atomic E-state index is 13.7. The number of primary sulfonamides is 1. The topological polar surface area (TPSA) is 60.2 Å². The molecule has 0 radical (unpaired) electrons. The van der Waals surface area contributed by atoms with Gasteiger partial charge in [0.15, 0.2) is 5.41 Å². The fourth-order valence-electron chi connectivity index (χ4n) is 3.49. The number of hydrogen-bond acceptors (Lipinski definition) is 2. The Labute approximate surface area is 167 Å². The molecule has 0 saturated heterocycles. The Bertz CT molecular complexity index is 1070. The van der Waals surface area contributed by atoms with Crippen molar-refractivity contribution in [2.45, 2.75) is 30.1 Å². The third kappa shape index (κ3) is 3.83. The lowest BCUT2D eigenvalue weighted by Gasteiger charge is -2.34. The van der Waals surface area contributed by atoms with Crippen LogP contribution >= 0.6 is 0 Å². The van der Waals surface area contributed by atoms with Crippen molar-refractivity contribution in [2.75, 3.05) is 0 Å². The number of nitrogens with two attached hydrogens (primary N) is 1. The Hall–Kier alpha value is -2.40. The van der Waals surface area contributed by atoms with Gasteiger partial charge in [0.25, 0.3) is 0 Å². The summed E-state index contributed by atoms with van der Waals surface area (Å²) >= 11 is 0. The molecule has 0 atom stereocenters. The van der Waals surface area contributed by atoms with Gasteiger partial charge in [-0.1, -0.05) is 24.3 Å². The molecule has 2 N–H and O–H groups in total. The van der Waals surface area contributed by atoms with Crippen LogP contribution in [-0.2, 0) is 10.0 Å². The van der Waals surface area contributed by atoms with Gasteiger partial charge in [-0.3, -0.25) is 0 Å². The predicted molar refractivity (Wildman–Crippen MR) is 94.8 cm³/mol. The van der Waals surface area contributed by atoms with Crippen LogP contribution in [0, 0.1) is 11.2 Å². The summed E-state index contributed by atoms with van der Waals surface area (Å²) in [5, 5.41) is 4.98. The monoisotopic (exact) mass is 453 g/mol. The van der Waals surface area contributed by atoms with Crippen LogP contribution in [0.5, 0.6) is 0 Å². The summed E-state index contributed by atoms with van der Waals surface area (Å²) in [6.45, 7) is 0. The van der Waals surface area contributed by atoms with Crippen LogP contribution in [0.3, 0.4) is 0 Å². The third-order valence-electron chi connectivity index (χ3n) is 5.13. The van der Waals surface area contributed by atoms with Gasteiger partial charge in [0.2, 0.25) is 10.0 Å². The minimum Gasteiger partial charge on any atom is -0.225 e. The molecule has 0 fully saturated rings. The van der Waals surface area contributed by atoms with Crippen molar-refractivity contribution < 1.29 is 39.2 Å². The van der Waals surface area contributed by atoms with Crippen molar-refractivity contribution in [3.8, 4) is 0 Å². The molecule has 2 aromatic carbocycles. The largest absolute Gasteiger partial charge is 0.403 e. The lowest BCUT2D eigenvalue weighted by molar-refractivity contribution is -0.335. The molecule has 1 aliphatic rings. The molecule has 0 amide bonds. The maximum Gasteiger partial charge on any atom is 0.403 e. The smallest absolute Gasteiger partial charge is 0.225 e. The quantitative estimate of drug-likeness (QED) is 0.643. The Morgan fingerprint density at radius 1 is 0.733 bits per heavy atom. The van der Waals surface area contributed by atoms with E-state index in [0.29, 0.717) is 0 Å². The van der Waals surface area contributed by atoms with E-state index in [9.17, 15) is 39.2 Å². The van der Waals surface area contributed by atoms with Gasteiger partial charge in [-0.15, -0.1) is 0 Å². The molecule has 0 unspecified atom stereocenters. The molecule has 1 aliphatic carbocycles. The van der Waals surface area contributed by atoms with Gasteiger partial charge >= 0.3 is 12.4 Å². The Balaban J connectivity index is 2.20. The summed E-state index contributed by atoms with van der Waals surface area (Å²) in [4.78, 5) is -0.342. The van der Waals surface area contributed by atoms with Crippen LogP contribution in [0.2, 0.25) is 0 Å². The molecule has 0 spiro atoms. The summed E-state index contributed by atoms with van der Waals surface area (Å²) < 4.78 is 118. The number of benzene rings is 2.